The van der Waals surface area contributed by atoms with Gasteiger partial charge in [0, 0.05) is 21.7 Å². The van der Waals surface area contributed by atoms with Crippen molar-refractivity contribution in [3.05, 3.63) is 81.0 Å². The van der Waals surface area contributed by atoms with Crippen LogP contribution in [0.4, 0.5) is 15.1 Å². The molecule has 34 heavy (non-hydrogen) atoms. The summed E-state index contributed by atoms with van der Waals surface area (Å²) in [6, 6.07) is 12.0. The quantitative estimate of drug-likeness (QED) is 0.563. The van der Waals surface area contributed by atoms with E-state index in [1.807, 2.05) is 32.0 Å². The fourth-order valence-electron chi connectivity index (χ4n) is 4.58. The second-order valence-corrected chi connectivity index (χ2v) is 9.97. The van der Waals surface area contributed by atoms with Gasteiger partial charge in [-0.15, -0.1) is 11.3 Å². The Hall–Kier alpha value is -3.32. The summed E-state index contributed by atoms with van der Waals surface area (Å²) < 4.78 is 13.6. The molecule has 1 N–H and O–H groups in total. The van der Waals surface area contributed by atoms with E-state index >= 15 is 0 Å². The Morgan fingerprint density at radius 2 is 1.85 bits per heavy atom. The molecule has 2 heterocycles. The molecule has 5 nitrogen and oxygen atoms in total. The van der Waals surface area contributed by atoms with Gasteiger partial charge in [-0.1, -0.05) is 6.07 Å². The van der Waals surface area contributed by atoms with Crippen LogP contribution >= 0.6 is 11.3 Å². The van der Waals surface area contributed by atoms with E-state index in [0.29, 0.717) is 11.4 Å². The number of aliphatic imine (C=N–C) groups is 1. The average Bonchev–Trinajstić information content (AvgIpc) is 3.14. The summed E-state index contributed by atoms with van der Waals surface area (Å²) in [7, 11) is 0. The van der Waals surface area contributed by atoms with Crippen LogP contribution in [0.15, 0.2) is 47.5 Å². The van der Waals surface area contributed by atoms with Crippen LogP contribution in [-0.4, -0.2) is 30.6 Å². The third kappa shape index (κ3) is 4.28. The van der Waals surface area contributed by atoms with E-state index in [4.69, 9.17) is 0 Å². The summed E-state index contributed by atoms with van der Waals surface area (Å²) in [5.74, 6) is -0.780. The molecule has 5 rings (SSSR count). The molecule has 2 amide bonds. The second-order valence-electron chi connectivity index (χ2n) is 8.89. The molecule has 0 unspecified atom stereocenters. The smallest absolute Gasteiger partial charge is 0.249 e. The van der Waals surface area contributed by atoms with E-state index in [-0.39, 0.29) is 30.7 Å². The van der Waals surface area contributed by atoms with Gasteiger partial charge in [0.2, 0.25) is 11.8 Å². The van der Waals surface area contributed by atoms with E-state index in [1.165, 1.54) is 22.6 Å². The molecule has 0 radical (unpaired) electrons. The van der Waals surface area contributed by atoms with Gasteiger partial charge >= 0.3 is 0 Å². The molecule has 2 aromatic carbocycles. The molecule has 0 atom stereocenters. The number of carbonyl (C=O) groups is 2. The Kier molecular flexibility index (Phi) is 6.04. The number of hydrogen-bond donors (Lipinski definition) is 1. The lowest BCUT2D eigenvalue weighted by molar-refractivity contribution is -0.120. The van der Waals surface area contributed by atoms with E-state index in [1.54, 1.807) is 28.4 Å². The van der Waals surface area contributed by atoms with Gasteiger partial charge in [0.1, 0.15) is 23.9 Å². The lowest BCUT2D eigenvalue weighted by Gasteiger charge is -2.20. The summed E-state index contributed by atoms with van der Waals surface area (Å²) in [5.41, 5.74) is 6.58. The molecule has 0 spiro atoms. The number of fused-ring (bicyclic) bond motifs is 3. The first-order valence-corrected chi connectivity index (χ1v) is 12.3. The van der Waals surface area contributed by atoms with Gasteiger partial charge in [0.15, 0.2) is 0 Å². The minimum atomic E-state index is -0.314. The highest BCUT2D eigenvalue weighted by Gasteiger charge is 2.33. The molecule has 0 bridgehead atoms. The first-order valence-electron chi connectivity index (χ1n) is 11.5. The lowest BCUT2D eigenvalue weighted by Crippen LogP contribution is -2.38. The summed E-state index contributed by atoms with van der Waals surface area (Å²) in [6.07, 6.45) is 4.06. The van der Waals surface area contributed by atoms with Crippen molar-refractivity contribution in [2.45, 2.75) is 39.5 Å². The monoisotopic (exact) mass is 475 g/mol. The number of halogens is 1. The van der Waals surface area contributed by atoms with Crippen LogP contribution < -0.4 is 10.2 Å². The molecule has 0 fully saturated rings. The standard InChI is InChI=1S/C27H26FN3O2S/c1-16-7-12-20(13-17(16)2)30-23(32)15-31-24(33)14-29-26(18-8-10-19(28)11-9-18)25-21-5-3-4-6-22(21)34-27(25)31/h7-13H,3-6,14-15H2,1-2H3,(H,30,32). The van der Waals surface area contributed by atoms with Crippen molar-refractivity contribution in [3.63, 3.8) is 0 Å². The van der Waals surface area contributed by atoms with Crippen LogP contribution in [0.25, 0.3) is 0 Å². The average molecular weight is 476 g/mol. The lowest BCUT2D eigenvalue weighted by atomic mass is 9.91. The molecule has 1 aromatic heterocycles. The van der Waals surface area contributed by atoms with Gasteiger partial charge < -0.3 is 5.32 Å². The van der Waals surface area contributed by atoms with E-state index in [0.717, 1.165) is 52.9 Å². The number of benzene rings is 2. The van der Waals surface area contributed by atoms with E-state index in [9.17, 15) is 14.0 Å². The van der Waals surface area contributed by atoms with Gasteiger partial charge in [-0.05, 0) is 92.6 Å². The van der Waals surface area contributed by atoms with Gasteiger partial charge in [-0.25, -0.2) is 4.39 Å². The van der Waals surface area contributed by atoms with E-state index in [2.05, 4.69) is 10.3 Å². The van der Waals surface area contributed by atoms with Crippen LogP contribution in [0.1, 0.15) is 45.5 Å². The number of thiophene rings is 1. The number of hydrogen-bond acceptors (Lipinski definition) is 4. The maximum absolute atomic E-state index is 13.6. The molecule has 174 valence electrons. The van der Waals surface area contributed by atoms with Crippen molar-refractivity contribution in [2.75, 3.05) is 23.3 Å². The number of nitrogens with zero attached hydrogens (tertiary/aromatic N) is 2. The van der Waals surface area contributed by atoms with Crippen molar-refractivity contribution in [2.24, 2.45) is 4.99 Å². The van der Waals surface area contributed by atoms with Crippen molar-refractivity contribution in [3.8, 4) is 0 Å². The molecule has 0 saturated heterocycles. The summed E-state index contributed by atoms with van der Waals surface area (Å²) >= 11 is 1.59. The number of nitrogens with one attached hydrogen (secondary N) is 1. The maximum Gasteiger partial charge on any atom is 0.249 e. The number of aryl methyl sites for hydroxylation is 3. The summed E-state index contributed by atoms with van der Waals surface area (Å²) in [4.78, 5) is 33.7. The highest BCUT2D eigenvalue weighted by Crippen LogP contribution is 2.42. The molecular formula is C27H26FN3O2S. The zero-order valence-electron chi connectivity index (χ0n) is 19.3. The van der Waals surface area contributed by atoms with Crippen LogP contribution in [0.5, 0.6) is 0 Å². The minimum absolute atomic E-state index is 0.0558. The van der Waals surface area contributed by atoms with Crippen LogP contribution in [-0.2, 0) is 22.4 Å². The van der Waals surface area contributed by atoms with Gasteiger partial charge in [-0.2, -0.15) is 0 Å². The SMILES string of the molecule is Cc1ccc(NC(=O)CN2C(=O)CN=C(c3ccc(F)cc3)c3c2sc2c3CCCC2)cc1C. The molecule has 1 aliphatic heterocycles. The van der Waals surface area contributed by atoms with Crippen LogP contribution in [0, 0.1) is 19.7 Å². The first-order chi connectivity index (χ1) is 16.4. The van der Waals surface area contributed by atoms with Gasteiger partial charge in [-0.3, -0.25) is 19.5 Å². The number of carbonyl (C=O) groups excluding carboxylic acids is 2. The molecule has 0 saturated carbocycles. The predicted molar refractivity (Wildman–Crippen MR) is 135 cm³/mol. The zero-order chi connectivity index (χ0) is 23.8. The highest BCUT2D eigenvalue weighted by atomic mass is 32.1. The normalized spacial score (nSPS) is 15.3. The fourth-order valence-corrected chi connectivity index (χ4v) is 5.98. The zero-order valence-corrected chi connectivity index (χ0v) is 20.1. The number of anilines is 2. The Morgan fingerprint density at radius 3 is 2.62 bits per heavy atom. The number of amides is 2. The van der Waals surface area contributed by atoms with Crippen LogP contribution in [0.2, 0.25) is 0 Å². The highest BCUT2D eigenvalue weighted by molar-refractivity contribution is 7.17. The molecular weight excluding hydrogens is 449 g/mol. The maximum atomic E-state index is 13.6. The van der Waals surface area contributed by atoms with Gasteiger partial charge in [0.25, 0.3) is 0 Å². The topological polar surface area (TPSA) is 61.8 Å². The van der Waals surface area contributed by atoms with E-state index < -0.39 is 0 Å². The Labute approximate surface area is 202 Å². The summed E-state index contributed by atoms with van der Waals surface area (Å²) in [6.45, 7) is 3.89. The Morgan fingerprint density at radius 1 is 1.09 bits per heavy atom. The fraction of sp³-hybridized carbons (Fsp3) is 0.296. The van der Waals surface area contributed by atoms with Gasteiger partial charge in [0.05, 0.1) is 5.71 Å². The van der Waals surface area contributed by atoms with Crippen molar-refractivity contribution >= 4 is 39.6 Å². The second kappa shape index (κ2) is 9.14. The molecule has 7 heteroatoms. The first kappa shape index (κ1) is 22.5. The van der Waals surface area contributed by atoms with Crippen molar-refractivity contribution < 1.29 is 14.0 Å². The van der Waals surface area contributed by atoms with Crippen LogP contribution in [0.3, 0.4) is 0 Å². The molecule has 1 aliphatic carbocycles. The van der Waals surface area contributed by atoms with Crippen molar-refractivity contribution in [1.29, 1.82) is 0 Å². The minimum Gasteiger partial charge on any atom is -0.325 e. The molecule has 2 aliphatic rings. The predicted octanol–water partition coefficient (Wildman–Crippen LogP) is 5.21. The third-order valence-corrected chi connectivity index (χ3v) is 7.83. The largest absolute Gasteiger partial charge is 0.325 e. The third-order valence-electron chi connectivity index (χ3n) is 6.52. The Balaban J connectivity index is 1.51. The molecule has 3 aromatic rings. The Bertz CT molecular complexity index is 1310. The number of rotatable bonds is 4. The summed E-state index contributed by atoms with van der Waals surface area (Å²) in [5, 5.41) is 3.70. The van der Waals surface area contributed by atoms with Crippen molar-refractivity contribution in [1.82, 2.24) is 0 Å².